The number of rotatable bonds is 3. The van der Waals surface area contributed by atoms with E-state index in [-0.39, 0.29) is 19.5 Å². The Labute approximate surface area is 262 Å². The van der Waals surface area contributed by atoms with Crippen LogP contribution >= 0.6 is 0 Å². The van der Waals surface area contributed by atoms with Gasteiger partial charge in [-0.3, -0.25) is 4.79 Å². The summed E-state index contributed by atoms with van der Waals surface area (Å²) in [4.78, 5) is 32.1. The van der Waals surface area contributed by atoms with Crippen LogP contribution in [0.1, 0.15) is 33.6 Å². The zero-order valence-corrected chi connectivity index (χ0v) is 26.7. The smallest absolute Gasteiger partial charge is 0.877 e. The summed E-state index contributed by atoms with van der Waals surface area (Å²) in [5.74, 6) is 0. The molecule has 0 amide bonds. The third-order valence-corrected chi connectivity index (χ3v) is 7.60. The molecule has 0 spiro atoms. The molecule has 43 heavy (non-hydrogen) atoms. The summed E-state index contributed by atoms with van der Waals surface area (Å²) in [7, 11) is 0. The van der Waals surface area contributed by atoms with Crippen molar-refractivity contribution in [3.63, 3.8) is 0 Å². The Morgan fingerprint density at radius 2 is 1.12 bits per heavy atom. The van der Waals surface area contributed by atoms with Crippen molar-refractivity contribution in [3.8, 4) is 0 Å². The van der Waals surface area contributed by atoms with Crippen molar-refractivity contribution in [1.82, 2.24) is 4.98 Å². The van der Waals surface area contributed by atoms with Crippen LogP contribution in [0.4, 0.5) is 0 Å². The van der Waals surface area contributed by atoms with Gasteiger partial charge in [0.15, 0.2) is 6.29 Å². The summed E-state index contributed by atoms with van der Waals surface area (Å²) >= 11 is 0. The van der Waals surface area contributed by atoms with Crippen molar-refractivity contribution in [2.24, 2.45) is 15.0 Å². The summed E-state index contributed by atoms with van der Waals surface area (Å²) in [6, 6.07) is 20.0. The predicted molar refractivity (Wildman–Crippen MR) is 166 cm³/mol. The third kappa shape index (κ3) is 5.02. The van der Waals surface area contributed by atoms with Crippen LogP contribution in [0.2, 0.25) is 0 Å². The van der Waals surface area contributed by atoms with Gasteiger partial charge in [0.25, 0.3) is 0 Å². The topological polar surface area (TPSA) is 91.3 Å². The van der Waals surface area contributed by atoms with Crippen molar-refractivity contribution in [2.75, 3.05) is 0 Å². The number of aryl methyl sites for hydroxylation is 2. The molecule has 7 rings (SSSR count). The molecule has 0 saturated carbocycles. The number of benzene rings is 2. The van der Waals surface area contributed by atoms with Crippen LogP contribution in [0.3, 0.4) is 0 Å². The van der Waals surface area contributed by atoms with E-state index in [1.54, 1.807) is 0 Å². The van der Waals surface area contributed by atoms with Crippen LogP contribution in [0, 0.1) is 13.8 Å². The molecule has 4 aliphatic rings. The van der Waals surface area contributed by atoms with Crippen LogP contribution in [0.15, 0.2) is 141 Å². The molecule has 0 fully saturated rings. The van der Waals surface area contributed by atoms with Gasteiger partial charge in [0, 0.05) is 5.57 Å². The quantitative estimate of drug-likeness (QED) is 0.219. The van der Waals surface area contributed by atoms with Gasteiger partial charge in [-0.05, 0) is 72.6 Å². The second-order valence-electron chi connectivity index (χ2n) is 10.4. The van der Waals surface area contributed by atoms with Crippen molar-refractivity contribution >= 4 is 40.1 Å². The molecular formula is C36H24N4O2Zn. The van der Waals surface area contributed by atoms with E-state index < -0.39 is 0 Å². The number of nitrogens with zero attached hydrogens (tertiary/aromatic N) is 4. The van der Waals surface area contributed by atoms with Gasteiger partial charge in [0.2, 0.25) is 0 Å². The van der Waals surface area contributed by atoms with Gasteiger partial charge in [-0.2, -0.15) is 0 Å². The number of carbonyl (C=O) groups is 1. The average molecular weight is 610 g/mol. The molecule has 0 atom stereocenters. The number of carbonyl (C=O) groups excluding carboxylic acids is 1. The van der Waals surface area contributed by atoms with Gasteiger partial charge in [-0.25, -0.2) is 15.0 Å². The average Bonchev–Trinajstić information content (AvgIpc) is 3.82. The van der Waals surface area contributed by atoms with E-state index in [0.29, 0.717) is 56.8 Å². The number of hydrogen-bond acceptors (Lipinski definition) is 5. The first-order chi connectivity index (χ1) is 20.5. The Morgan fingerprint density at radius 1 is 0.605 bits per heavy atom. The number of aldehydes is 1. The van der Waals surface area contributed by atoms with Crippen LogP contribution in [-0.4, -0.2) is 23.4 Å². The number of fused-ring (bicyclic) bond motifs is 5. The Kier molecular flexibility index (Phi) is 7.43. The van der Waals surface area contributed by atoms with E-state index in [0.717, 1.165) is 45.9 Å². The number of aliphatic imine (C=N–C) groups is 3. The SMILES string of the molecule is Cc1ccc(C2=C3C=CC(=N3)/C(=C\[O-])c3ccc([n-]3)C(c3ccc(C)cc3)=C3C=CC(=N3)C(C=O)=C3C=CC2=N3)cc1.[Zn+2]. The van der Waals surface area contributed by atoms with E-state index in [2.05, 4.69) is 0 Å². The summed E-state index contributed by atoms with van der Waals surface area (Å²) in [6.07, 6.45) is 12.8. The molecule has 0 unspecified atom stereocenters. The number of aromatic nitrogens is 1. The van der Waals surface area contributed by atoms with E-state index in [9.17, 15) is 9.90 Å². The van der Waals surface area contributed by atoms with Gasteiger partial charge in [0.05, 0.1) is 39.8 Å². The molecule has 3 aromatic rings. The summed E-state index contributed by atoms with van der Waals surface area (Å²) in [6.45, 7) is 4.07. The zero-order valence-electron chi connectivity index (χ0n) is 23.7. The third-order valence-electron chi connectivity index (χ3n) is 7.60. The fourth-order valence-corrected chi connectivity index (χ4v) is 5.40. The molecule has 4 aliphatic heterocycles. The molecule has 0 radical (unpaired) electrons. The standard InChI is InChI=1S/C36H26N4O2.Zn/c1-21-3-7-23(8-4-21)35-31-15-11-27(37-31)25(19-41)29-13-17-33(39-29)36(24-9-5-22(2)6-10-24)34-18-14-30(40-34)26(20-42)28-12-16-32(35)38-28;/h3-20H,1-2H3,(H2,37,38,39,40,41,42);/q;+2/p-2. The Hall–Kier alpha value is -5.00. The minimum Gasteiger partial charge on any atom is -0.877 e. The Morgan fingerprint density at radius 3 is 1.77 bits per heavy atom. The number of allylic oxidation sites excluding steroid dienone is 9. The van der Waals surface area contributed by atoms with Gasteiger partial charge >= 0.3 is 19.5 Å². The van der Waals surface area contributed by atoms with Crippen molar-refractivity contribution < 1.29 is 29.4 Å². The largest absolute Gasteiger partial charge is 2.00 e. The van der Waals surface area contributed by atoms with Crippen molar-refractivity contribution in [2.45, 2.75) is 13.8 Å². The van der Waals surface area contributed by atoms with Crippen LogP contribution in [0.5, 0.6) is 0 Å². The second kappa shape index (κ2) is 11.4. The van der Waals surface area contributed by atoms with E-state index in [1.807, 2.05) is 111 Å². The molecule has 1 aromatic heterocycles. The molecule has 6 nitrogen and oxygen atoms in total. The maximum atomic E-state index is 12.5. The van der Waals surface area contributed by atoms with Gasteiger partial charge in [0.1, 0.15) is 0 Å². The van der Waals surface area contributed by atoms with Crippen molar-refractivity contribution in [3.05, 3.63) is 160 Å². The fraction of sp³-hybridized carbons (Fsp3) is 0.0556. The monoisotopic (exact) mass is 608 g/mol. The van der Waals surface area contributed by atoms with Gasteiger partial charge in [-0.1, -0.05) is 71.8 Å². The minimum absolute atomic E-state index is 0. The molecule has 5 heterocycles. The molecule has 8 bridgehead atoms. The first kappa shape index (κ1) is 28.1. The summed E-state index contributed by atoms with van der Waals surface area (Å²) in [5, 5.41) is 12.5. The molecule has 0 saturated heterocycles. The fourth-order valence-electron chi connectivity index (χ4n) is 5.40. The molecule has 0 N–H and O–H groups in total. The van der Waals surface area contributed by atoms with Gasteiger partial charge in [-0.15, -0.1) is 17.6 Å². The maximum absolute atomic E-state index is 12.5. The molecule has 7 heteroatoms. The first-order valence-corrected chi connectivity index (χ1v) is 13.6. The number of hydrogen-bond donors (Lipinski definition) is 0. The maximum Gasteiger partial charge on any atom is 2.00 e. The first-order valence-electron chi connectivity index (χ1n) is 13.6. The van der Waals surface area contributed by atoms with Crippen molar-refractivity contribution in [1.29, 1.82) is 0 Å². The van der Waals surface area contributed by atoms with E-state index >= 15 is 0 Å². The minimum atomic E-state index is 0. The molecule has 2 aromatic carbocycles. The van der Waals surface area contributed by atoms with Gasteiger partial charge < -0.3 is 10.1 Å². The Bertz CT molecular complexity index is 1990. The second-order valence-corrected chi connectivity index (χ2v) is 10.4. The zero-order chi connectivity index (χ0) is 28.8. The molecule has 0 aliphatic carbocycles. The van der Waals surface area contributed by atoms with E-state index in [1.165, 1.54) is 0 Å². The van der Waals surface area contributed by atoms with E-state index in [4.69, 9.17) is 20.0 Å². The Balaban J connectivity index is 0.00000329. The van der Waals surface area contributed by atoms with Crippen LogP contribution < -0.4 is 10.1 Å². The predicted octanol–water partition coefficient (Wildman–Crippen LogP) is 5.63. The summed E-state index contributed by atoms with van der Waals surface area (Å²) < 4.78 is 0. The van der Waals surface area contributed by atoms with Crippen LogP contribution in [0.25, 0.3) is 16.7 Å². The van der Waals surface area contributed by atoms with Crippen LogP contribution in [-0.2, 0) is 24.3 Å². The normalized spacial score (nSPS) is 17.9. The molecule has 202 valence electrons. The molecular weight excluding hydrogens is 586 g/mol. The summed E-state index contributed by atoms with van der Waals surface area (Å²) in [5.41, 5.74) is 11.3.